The van der Waals surface area contributed by atoms with Crippen molar-refractivity contribution in [3.8, 4) is 0 Å². The van der Waals surface area contributed by atoms with E-state index in [1.54, 1.807) is 0 Å². The molecular formula is C17H24O5. The van der Waals surface area contributed by atoms with Gasteiger partial charge in [-0.3, -0.25) is 9.59 Å². The average Bonchev–Trinajstić information content (AvgIpc) is 2.69. The summed E-state index contributed by atoms with van der Waals surface area (Å²) in [7, 11) is 0. The summed E-state index contributed by atoms with van der Waals surface area (Å²) in [4.78, 5) is 23.2. The Balaban J connectivity index is 2.32. The molecule has 0 aromatic heterocycles. The number of esters is 2. The summed E-state index contributed by atoms with van der Waals surface area (Å²) in [5.41, 5.74) is 1.57. The van der Waals surface area contributed by atoms with E-state index >= 15 is 0 Å². The van der Waals surface area contributed by atoms with E-state index in [-0.39, 0.29) is 23.9 Å². The van der Waals surface area contributed by atoms with Crippen molar-refractivity contribution >= 4 is 11.9 Å². The number of fused-ring (bicyclic) bond motifs is 1. The van der Waals surface area contributed by atoms with Gasteiger partial charge in [-0.15, -0.1) is 0 Å². The van der Waals surface area contributed by atoms with Crippen LogP contribution in [-0.2, 0) is 19.1 Å². The molecule has 5 nitrogen and oxygen atoms in total. The number of rotatable bonds is 1. The largest absolute Gasteiger partial charge is 0.458 e. The Bertz CT molecular complexity index is 507. The van der Waals surface area contributed by atoms with Crippen LogP contribution in [0, 0.1) is 11.8 Å². The maximum absolute atomic E-state index is 11.9. The van der Waals surface area contributed by atoms with Crippen molar-refractivity contribution in [2.24, 2.45) is 11.8 Å². The molecule has 0 amide bonds. The highest BCUT2D eigenvalue weighted by Crippen LogP contribution is 2.36. The van der Waals surface area contributed by atoms with Gasteiger partial charge >= 0.3 is 11.9 Å². The maximum Gasteiger partial charge on any atom is 0.309 e. The van der Waals surface area contributed by atoms with Gasteiger partial charge in [0.25, 0.3) is 0 Å². The van der Waals surface area contributed by atoms with Gasteiger partial charge in [-0.1, -0.05) is 19.1 Å². The molecule has 2 aliphatic rings. The Kier molecular flexibility index (Phi) is 5.06. The third kappa shape index (κ3) is 3.58. The lowest BCUT2D eigenvalue weighted by Gasteiger charge is -2.29. The normalized spacial score (nSPS) is 38.5. The molecule has 1 aliphatic heterocycles. The second kappa shape index (κ2) is 6.65. The Morgan fingerprint density at radius 1 is 1.50 bits per heavy atom. The van der Waals surface area contributed by atoms with Crippen LogP contribution in [0.3, 0.4) is 0 Å². The smallest absolute Gasteiger partial charge is 0.309 e. The minimum Gasteiger partial charge on any atom is -0.458 e. The third-order valence-electron chi connectivity index (χ3n) is 4.59. The highest BCUT2D eigenvalue weighted by Gasteiger charge is 2.43. The molecule has 22 heavy (non-hydrogen) atoms. The van der Waals surface area contributed by atoms with Crippen molar-refractivity contribution in [3.05, 3.63) is 23.8 Å². The van der Waals surface area contributed by atoms with Crippen LogP contribution >= 0.6 is 0 Å². The molecule has 1 fully saturated rings. The molecule has 5 heteroatoms. The standard InChI is InChI=1S/C17H24O5/c1-9-5-6-14(19)11(3)15(21-12(4)18)8-13-10(2)17(20)22-16(13)7-9/h7,10,13-16,19H,3,5-6,8H2,1-2,4H3/b9-7+/t10-,13-,14+,15-,16+/m0/s1. The van der Waals surface area contributed by atoms with E-state index in [1.165, 1.54) is 6.92 Å². The number of carbonyl (C=O) groups is 2. The van der Waals surface area contributed by atoms with Crippen LogP contribution in [0.25, 0.3) is 0 Å². The predicted octanol–water partition coefficient (Wildman–Crippen LogP) is 2.14. The first-order valence-electron chi connectivity index (χ1n) is 7.71. The fraction of sp³-hybridized carbons (Fsp3) is 0.647. The highest BCUT2D eigenvalue weighted by atomic mass is 16.6. The van der Waals surface area contributed by atoms with Crippen LogP contribution in [0.5, 0.6) is 0 Å². The molecule has 0 aromatic carbocycles. The van der Waals surface area contributed by atoms with Gasteiger partial charge in [0.1, 0.15) is 12.2 Å². The Hall–Kier alpha value is -1.62. The minimum absolute atomic E-state index is 0.0890. The van der Waals surface area contributed by atoms with E-state index in [4.69, 9.17) is 9.47 Å². The van der Waals surface area contributed by atoms with Gasteiger partial charge in [-0.25, -0.2) is 0 Å². The molecule has 0 aromatic rings. The molecule has 1 saturated heterocycles. The molecule has 0 spiro atoms. The topological polar surface area (TPSA) is 72.8 Å². The fourth-order valence-corrected chi connectivity index (χ4v) is 3.13. The number of carbonyl (C=O) groups excluding carboxylic acids is 2. The first kappa shape index (κ1) is 16.7. The van der Waals surface area contributed by atoms with E-state index < -0.39 is 18.2 Å². The molecule has 2 rings (SSSR count). The SMILES string of the molecule is C=C1[C@H](O)CC/C(C)=C/[C@H]2OC(=O)[C@@H](C)[C@@H]2C[C@@H]1OC(C)=O. The second-order valence-corrected chi connectivity index (χ2v) is 6.33. The maximum atomic E-state index is 11.9. The van der Waals surface area contributed by atoms with Crippen molar-refractivity contribution in [2.45, 2.75) is 58.3 Å². The first-order chi connectivity index (χ1) is 10.3. The predicted molar refractivity (Wildman–Crippen MR) is 80.8 cm³/mol. The van der Waals surface area contributed by atoms with Crippen molar-refractivity contribution in [1.82, 2.24) is 0 Å². The Labute approximate surface area is 131 Å². The van der Waals surface area contributed by atoms with E-state index in [0.29, 0.717) is 24.8 Å². The van der Waals surface area contributed by atoms with Crippen molar-refractivity contribution in [2.75, 3.05) is 0 Å². The van der Waals surface area contributed by atoms with Crippen LogP contribution in [0.1, 0.15) is 40.0 Å². The number of aliphatic hydroxyl groups is 1. The van der Waals surface area contributed by atoms with Gasteiger partial charge in [0.15, 0.2) is 0 Å². The lowest BCUT2D eigenvalue weighted by Crippen LogP contribution is -2.32. The molecule has 0 unspecified atom stereocenters. The van der Waals surface area contributed by atoms with Gasteiger partial charge in [-0.2, -0.15) is 0 Å². The highest BCUT2D eigenvalue weighted by molar-refractivity contribution is 5.75. The third-order valence-corrected chi connectivity index (χ3v) is 4.59. The number of hydrogen-bond acceptors (Lipinski definition) is 5. The van der Waals surface area contributed by atoms with Crippen molar-refractivity contribution in [1.29, 1.82) is 0 Å². The summed E-state index contributed by atoms with van der Waals surface area (Å²) in [6, 6.07) is 0. The number of ether oxygens (including phenoxy) is 2. The summed E-state index contributed by atoms with van der Waals surface area (Å²) in [6.07, 6.45) is 1.96. The summed E-state index contributed by atoms with van der Waals surface area (Å²) in [6.45, 7) is 9.04. The molecule has 5 atom stereocenters. The molecule has 1 aliphatic carbocycles. The lowest BCUT2D eigenvalue weighted by molar-refractivity contribution is -0.146. The summed E-state index contributed by atoms with van der Waals surface area (Å²) in [5.74, 6) is -1.01. The van der Waals surface area contributed by atoms with E-state index in [0.717, 1.165) is 5.57 Å². The summed E-state index contributed by atoms with van der Waals surface area (Å²) < 4.78 is 10.8. The molecule has 0 saturated carbocycles. The van der Waals surface area contributed by atoms with Gasteiger partial charge < -0.3 is 14.6 Å². The van der Waals surface area contributed by atoms with E-state index in [2.05, 4.69) is 6.58 Å². The molecule has 0 radical (unpaired) electrons. The fourth-order valence-electron chi connectivity index (χ4n) is 3.13. The Morgan fingerprint density at radius 2 is 2.18 bits per heavy atom. The number of hydrogen-bond donors (Lipinski definition) is 1. The van der Waals surface area contributed by atoms with E-state index in [9.17, 15) is 14.7 Å². The zero-order valence-corrected chi connectivity index (χ0v) is 13.4. The molecule has 122 valence electrons. The van der Waals surface area contributed by atoms with Crippen LogP contribution in [0.4, 0.5) is 0 Å². The number of allylic oxidation sites excluding steroid dienone is 1. The Morgan fingerprint density at radius 3 is 2.82 bits per heavy atom. The zero-order valence-electron chi connectivity index (χ0n) is 13.4. The number of aliphatic hydroxyl groups excluding tert-OH is 1. The zero-order chi connectivity index (χ0) is 16.4. The van der Waals surface area contributed by atoms with Crippen LogP contribution in [-0.4, -0.2) is 35.4 Å². The van der Waals surface area contributed by atoms with Crippen LogP contribution in [0.15, 0.2) is 23.8 Å². The first-order valence-corrected chi connectivity index (χ1v) is 7.71. The molecule has 1 N–H and O–H groups in total. The second-order valence-electron chi connectivity index (χ2n) is 6.33. The summed E-state index contributed by atoms with van der Waals surface area (Å²) >= 11 is 0. The molecule has 0 bridgehead atoms. The van der Waals surface area contributed by atoms with Gasteiger partial charge in [0, 0.05) is 12.8 Å². The van der Waals surface area contributed by atoms with Crippen molar-refractivity contribution < 1.29 is 24.2 Å². The molecule has 1 heterocycles. The molecular weight excluding hydrogens is 284 g/mol. The van der Waals surface area contributed by atoms with Gasteiger partial charge in [0.05, 0.1) is 12.0 Å². The quantitative estimate of drug-likeness (QED) is 0.593. The van der Waals surface area contributed by atoms with E-state index in [1.807, 2.05) is 19.9 Å². The van der Waals surface area contributed by atoms with Gasteiger partial charge in [0.2, 0.25) is 0 Å². The minimum atomic E-state index is -0.724. The van der Waals surface area contributed by atoms with Crippen molar-refractivity contribution in [3.63, 3.8) is 0 Å². The van der Waals surface area contributed by atoms with Crippen LogP contribution in [0.2, 0.25) is 0 Å². The summed E-state index contributed by atoms with van der Waals surface area (Å²) in [5, 5.41) is 10.2. The average molecular weight is 308 g/mol. The lowest BCUT2D eigenvalue weighted by atomic mass is 9.82. The van der Waals surface area contributed by atoms with Gasteiger partial charge in [-0.05, 0) is 37.8 Å². The monoisotopic (exact) mass is 308 g/mol. The van der Waals surface area contributed by atoms with Crippen LogP contribution < -0.4 is 0 Å².